The number of carbonyl (C=O) groups is 1. The summed E-state index contributed by atoms with van der Waals surface area (Å²) >= 11 is 0. The first-order valence-electron chi connectivity index (χ1n) is 5.28. The average Bonchev–Trinajstić information content (AvgIpc) is 2.66. The molecule has 0 bridgehead atoms. The van der Waals surface area contributed by atoms with Gasteiger partial charge in [-0.05, 0) is 39.8 Å². The molecule has 1 aromatic heterocycles. The number of furan rings is 1. The van der Waals surface area contributed by atoms with E-state index in [2.05, 4.69) is 5.32 Å². The molecule has 1 rings (SSSR count). The summed E-state index contributed by atoms with van der Waals surface area (Å²) in [5.74, 6) is -0.0151. The number of aliphatic carboxylic acids is 1. The van der Waals surface area contributed by atoms with Gasteiger partial charge in [0, 0.05) is 5.54 Å². The molecule has 0 radical (unpaired) electrons. The van der Waals surface area contributed by atoms with Crippen molar-refractivity contribution in [1.82, 2.24) is 5.32 Å². The van der Waals surface area contributed by atoms with Crippen molar-refractivity contribution in [3.8, 4) is 0 Å². The molecule has 2 N–H and O–H groups in total. The second-order valence-corrected chi connectivity index (χ2v) is 4.99. The minimum atomic E-state index is -0.848. The molecular formula is C12H19NO3. The molecule has 4 heteroatoms. The van der Waals surface area contributed by atoms with Crippen LogP contribution in [0.4, 0.5) is 0 Å². The molecule has 0 spiro atoms. The monoisotopic (exact) mass is 225 g/mol. The number of nitrogens with one attached hydrogen (secondary N) is 1. The minimum Gasteiger partial charge on any atom is -0.481 e. The van der Waals surface area contributed by atoms with Gasteiger partial charge in [0.15, 0.2) is 0 Å². The zero-order valence-corrected chi connectivity index (χ0v) is 10.2. The van der Waals surface area contributed by atoms with Crippen LogP contribution in [0.1, 0.15) is 33.5 Å². The maximum Gasteiger partial charge on any atom is 0.310 e. The van der Waals surface area contributed by atoms with E-state index in [-0.39, 0.29) is 0 Å². The number of hydrogen-bond acceptors (Lipinski definition) is 3. The Labute approximate surface area is 95.7 Å². The van der Waals surface area contributed by atoms with Crippen LogP contribution in [-0.4, -0.2) is 16.6 Å². The summed E-state index contributed by atoms with van der Waals surface area (Å²) in [6.45, 7) is 7.71. The van der Waals surface area contributed by atoms with Crippen molar-refractivity contribution in [3.63, 3.8) is 0 Å². The zero-order chi connectivity index (χ0) is 12.4. The van der Waals surface area contributed by atoms with Gasteiger partial charge in [-0.25, -0.2) is 0 Å². The van der Waals surface area contributed by atoms with Gasteiger partial charge in [-0.2, -0.15) is 0 Å². The van der Waals surface area contributed by atoms with Crippen LogP contribution in [0.5, 0.6) is 0 Å². The molecule has 90 valence electrons. The molecule has 0 aromatic carbocycles. The van der Waals surface area contributed by atoms with E-state index in [0.29, 0.717) is 6.54 Å². The molecule has 0 saturated heterocycles. The molecular weight excluding hydrogens is 206 g/mol. The van der Waals surface area contributed by atoms with Crippen LogP contribution in [0.25, 0.3) is 0 Å². The van der Waals surface area contributed by atoms with Gasteiger partial charge < -0.3 is 14.8 Å². The van der Waals surface area contributed by atoms with E-state index >= 15 is 0 Å². The second kappa shape index (κ2) is 4.29. The summed E-state index contributed by atoms with van der Waals surface area (Å²) in [4.78, 5) is 11.2. The summed E-state index contributed by atoms with van der Waals surface area (Å²) in [7, 11) is 0. The smallest absolute Gasteiger partial charge is 0.310 e. The van der Waals surface area contributed by atoms with Crippen molar-refractivity contribution in [2.75, 3.05) is 0 Å². The second-order valence-electron chi connectivity index (χ2n) is 4.99. The molecule has 0 aliphatic heterocycles. The van der Waals surface area contributed by atoms with Gasteiger partial charge in [0.25, 0.3) is 0 Å². The summed E-state index contributed by atoms with van der Waals surface area (Å²) in [5.41, 5.74) is -1.37. The minimum absolute atomic E-state index is 0.522. The van der Waals surface area contributed by atoms with Crippen molar-refractivity contribution >= 4 is 5.97 Å². The van der Waals surface area contributed by atoms with E-state index in [1.54, 1.807) is 20.1 Å². The van der Waals surface area contributed by atoms with Crippen LogP contribution < -0.4 is 5.32 Å². The first-order valence-corrected chi connectivity index (χ1v) is 5.28. The van der Waals surface area contributed by atoms with Crippen LogP contribution in [0.15, 0.2) is 22.8 Å². The average molecular weight is 225 g/mol. The molecule has 0 aliphatic carbocycles. The van der Waals surface area contributed by atoms with E-state index in [4.69, 9.17) is 4.42 Å². The first-order chi connectivity index (χ1) is 7.27. The Morgan fingerprint density at radius 2 is 2.06 bits per heavy atom. The SMILES string of the molecule is CC(C)(NCc1ccco1)C(C)(C)C(=O)O. The Morgan fingerprint density at radius 1 is 1.44 bits per heavy atom. The summed E-state index contributed by atoms with van der Waals surface area (Å²) in [6, 6.07) is 3.67. The fourth-order valence-electron chi connectivity index (χ4n) is 1.21. The van der Waals surface area contributed by atoms with E-state index in [0.717, 1.165) is 5.76 Å². The molecule has 1 heterocycles. The van der Waals surface area contributed by atoms with Gasteiger partial charge in [-0.3, -0.25) is 4.79 Å². The lowest BCUT2D eigenvalue weighted by Crippen LogP contribution is -2.54. The van der Waals surface area contributed by atoms with Crippen LogP contribution in [0, 0.1) is 5.41 Å². The molecule has 4 nitrogen and oxygen atoms in total. The largest absolute Gasteiger partial charge is 0.481 e. The Kier molecular flexibility index (Phi) is 3.43. The molecule has 16 heavy (non-hydrogen) atoms. The third-order valence-corrected chi connectivity index (χ3v) is 3.38. The van der Waals surface area contributed by atoms with Gasteiger partial charge in [0.05, 0.1) is 18.2 Å². The Morgan fingerprint density at radius 3 is 2.50 bits per heavy atom. The highest BCUT2D eigenvalue weighted by molar-refractivity contribution is 5.75. The Hall–Kier alpha value is -1.29. The third-order valence-electron chi connectivity index (χ3n) is 3.38. The van der Waals surface area contributed by atoms with E-state index in [1.807, 2.05) is 26.0 Å². The molecule has 0 atom stereocenters. The fraction of sp³-hybridized carbons (Fsp3) is 0.583. The lowest BCUT2D eigenvalue weighted by molar-refractivity contribution is -0.151. The predicted molar refractivity (Wildman–Crippen MR) is 61.0 cm³/mol. The molecule has 0 amide bonds. The molecule has 1 aromatic rings. The van der Waals surface area contributed by atoms with Gasteiger partial charge in [0.2, 0.25) is 0 Å². The lowest BCUT2D eigenvalue weighted by atomic mass is 9.74. The maximum atomic E-state index is 11.2. The van der Waals surface area contributed by atoms with Crippen LogP contribution >= 0.6 is 0 Å². The van der Waals surface area contributed by atoms with E-state index in [9.17, 15) is 9.90 Å². The highest BCUT2D eigenvalue weighted by Gasteiger charge is 2.43. The van der Waals surface area contributed by atoms with Crippen molar-refractivity contribution in [3.05, 3.63) is 24.2 Å². The molecule has 0 aliphatic rings. The normalized spacial score (nSPS) is 12.8. The number of carboxylic acid groups (broad SMARTS) is 1. The quantitative estimate of drug-likeness (QED) is 0.806. The predicted octanol–water partition coefficient (Wildman–Crippen LogP) is 2.26. The van der Waals surface area contributed by atoms with Crippen molar-refractivity contribution in [2.24, 2.45) is 5.41 Å². The van der Waals surface area contributed by atoms with Gasteiger partial charge >= 0.3 is 5.97 Å². The first kappa shape index (κ1) is 12.8. The molecule has 0 unspecified atom stereocenters. The van der Waals surface area contributed by atoms with Crippen LogP contribution in [0.3, 0.4) is 0 Å². The van der Waals surface area contributed by atoms with E-state index < -0.39 is 16.9 Å². The Balaban J connectivity index is 2.68. The molecule has 0 fully saturated rings. The van der Waals surface area contributed by atoms with Crippen LogP contribution in [0.2, 0.25) is 0 Å². The van der Waals surface area contributed by atoms with Gasteiger partial charge in [0.1, 0.15) is 5.76 Å². The fourth-order valence-corrected chi connectivity index (χ4v) is 1.21. The standard InChI is InChI=1S/C12H19NO3/c1-11(2,10(14)15)12(3,4)13-8-9-6-5-7-16-9/h5-7,13H,8H2,1-4H3,(H,14,15). The van der Waals surface area contributed by atoms with Crippen molar-refractivity contribution in [2.45, 2.75) is 39.8 Å². The highest BCUT2D eigenvalue weighted by Crippen LogP contribution is 2.30. The van der Waals surface area contributed by atoms with Crippen molar-refractivity contribution in [1.29, 1.82) is 0 Å². The number of rotatable bonds is 5. The maximum absolute atomic E-state index is 11.2. The van der Waals surface area contributed by atoms with Gasteiger partial charge in [-0.1, -0.05) is 0 Å². The summed E-state index contributed by atoms with van der Waals surface area (Å²) in [5, 5.41) is 12.4. The zero-order valence-electron chi connectivity index (χ0n) is 10.2. The Bertz CT molecular complexity index is 352. The third kappa shape index (κ3) is 2.44. The molecule has 0 saturated carbocycles. The summed E-state index contributed by atoms with van der Waals surface area (Å²) in [6.07, 6.45) is 1.60. The number of carboxylic acids is 1. The number of hydrogen-bond donors (Lipinski definition) is 2. The highest BCUT2D eigenvalue weighted by atomic mass is 16.4. The van der Waals surface area contributed by atoms with Gasteiger partial charge in [-0.15, -0.1) is 0 Å². The van der Waals surface area contributed by atoms with Crippen molar-refractivity contribution < 1.29 is 14.3 Å². The lowest BCUT2D eigenvalue weighted by Gasteiger charge is -2.38. The van der Waals surface area contributed by atoms with Crippen LogP contribution in [-0.2, 0) is 11.3 Å². The summed E-state index contributed by atoms with van der Waals surface area (Å²) < 4.78 is 5.19. The van der Waals surface area contributed by atoms with E-state index in [1.165, 1.54) is 0 Å². The topological polar surface area (TPSA) is 62.5 Å².